The molecule has 1 atom stereocenters. The fraction of sp³-hybridized carbons (Fsp3) is 0.364. The normalized spacial score (nSPS) is 11.9. The number of aromatic carboxylic acids is 1. The summed E-state index contributed by atoms with van der Waals surface area (Å²) in [5, 5.41) is 21.1. The molecule has 1 unspecified atom stereocenters. The maximum Gasteiger partial charge on any atom is 0.339 e. The molecular formula is C11H14ClNO4. The second-order valence-corrected chi connectivity index (χ2v) is 3.72. The summed E-state index contributed by atoms with van der Waals surface area (Å²) in [4.78, 5) is 10.9. The summed E-state index contributed by atoms with van der Waals surface area (Å²) in [5.74, 6) is -0.654. The van der Waals surface area contributed by atoms with Gasteiger partial charge in [0, 0.05) is 12.2 Å². The van der Waals surface area contributed by atoms with E-state index in [0.717, 1.165) is 0 Å². The van der Waals surface area contributed by atoms with Gasteiger partial charge in [-0.25, -0.2) is 4.79 Å². The first kappa shape index (κ1) is 13.6. The van der Waals surface area contributed by atoms with Gasteiger partial charge < -0.3 is 20.3 Å². The summed E-state index contributed by atoms with van der Waals surface area (Å²) >= 11 is 5.44. The van der Waals surface area contributed by atoms with Crippen molar-refractivity contribution in [3.05, 3.63) is 23.8 Å². The van der Waals surface area contributed by atoms with Crippen LogP contribution < -0.4 is 10.1 Å². The highest BCUT2D eigenvalue weighted by Crippen LogP contribution is 2.22. The van der Waals surface area contributed by atoms with Crippen LogP contribution in [0, 0.1) is 0 Å². The highest BCUT2D eigenvalue weighted by molar-refractivity contribution is 6.18. The van der Waals surface area contributed by atoms with Gasteiger partial charge in [-0.15, -0.1) is 11.6 Å². The van der Waals surface area contributed by atoms with Gasteiger partial charge in [0.2, 0.25) is 0 Å². The number of ether oxygens (including phenoxy) is 1. The average molecular weight is 260 g/mol. The predicted octanol–water partition coefficient (Wildman–Crippen LogP) is 1.40. The number of carbonyl (C=O) groups is 1. The third kappa shape index (κ3) is 3.80. The Kier molecular flexibility index (Phi) is 5.06. The zero-order valence-corrected chi connectivity index (χ0v) is 10.1. The molecule has 0 saturated carbocycles. The Morgan fingerprint density at radius 3 is 2.82 bits per heavy atom. The number of methoxy groups -OCH3 is 1. The Morgan fingerprint density at radius 2 is 2.29 bits per heavy atom. The van der Waals surface area contributed by atoms with Crippen molar-refractivity contribution < 1.29 is 19.7 Å². The van der Waals surface area contributed by atoms with Crippen molar-refractivity contribution in [2.24, 2.45) is 0 Å². The van der Waals surface area contributed by atoms with E-state index in [4.69, 9.17) is 21.4 Å². The van der Waals surface area contributed by atoms with Crippen LogP contribution in [-0.4, -0.2) is 41.8 Å². The monoisotopic (exact) mass is 259 g/mol. The van der Waals surface area contributed by atoms with E-state index >= 15 is 0 Å². The summed E-state index contributed by atoms with van der Waals surface area (Å²) in [5.41, 5.74) is 0.658. The number of carboxylic acids is 1. The molecule has 1 aromatic carbocycles. The molecule has 17 heavy (non-hydrogen) atoms. The largest absolute Gasteiger partial charge is 0.496 e. The number of anilines is 1. The number of rotatable bonds is 6. The van der Waals surface area contributed by atoms with Gasteiger partial charge in [0.15, 0.2) is 0 Å². The summed E-state index contributed by atoms with van der Waals surface area (Å²) < 4.78 is 4.93. The van der Waals surface area contributed by atoms with E-state index in [0.29, 0.717) is 11.4 Å². The molecule has 3 N–H and O–H groups in total. The number of halogens is 1. The molecule has 0 saturated heterocycles. The van der Waals surface area contributed by atoms with Gasteiger partial charge in [-0.3, -0.25) is 0 Å². The topological polar surface area (TPSA) is 78.8 Å². The first-order chi connectivity index (χ1) is 8.08. The van der Waals surface area contributed by atoms with E-state index in [2.05, 4.69) is 5.32 Å². The molecule has 0 aliphatic carbocycles. The van der Waals surface area contributed by atoms with E-state index in [9.17, 15) is 9.90 Å². The quantitative estimate of drug-likeness (QED) is 0.673. The van der Waals surface area contributed by atoms with Crippen LogP contribution in [0.15, 0.2) is 18.2 Å². The van der Waals surface area contributed by atoms with E-state index in [1.54, 1.807) is 12.1 Å². The fourth-order valence-corrected chi connectivity index (χ4v) is 1.38. The molecule has 0 spiro atoms. The molecule has 1 aromatic rings. The summed E-state index contributed by atoms with van der Waals surface area (Å²) in [6, 6.07) is 4.67. The molecule has 0 aliphatic rings. The fourth-order valence-electron chi connectivity index (χ4n) is 1.28. The van der Waals surface area contributed by atoms with Crippen molar-refractivity contribution in [2.75, 3.05) is 24.9 Å². The third-order valence-electron chi connectivity index (χ3n) is 2.15. The molecule has 5 nitrogen and oxygen atoms in total. The molecule has 0 aromatic heterocycles. The first-order valence-corrected chi connectivity index (χ1v) is 5.51. The number of hydrogen-bond donors (Lipinski definition) is 3. The van der Waals surface area contributed by atoms with Gasteiger partial charge in [-0.1, -0.05) is 0 Å². The number of aliphatic hydroxyl groups is 1. The van der Waals surface area contributed by atoms with Gasteiger partial charge in [-0.05, 0) is 18.2 Å². The summed E-state index contributed by atoms with van der Waals surface area (Å²) in [6.45, 7) is 0.259. The zero-order valence-electron chi connectivity index (χ0n) is 9.31. The molecule has 0 heterocycles. The minimum Gasteiger partial charge on any atom is -0.496 e. The lowest BCUT2D eigenvalue weighted by Gasteiger charge is -2.12. The number of benzene rings is 1. The van der Waals surface area contributed by atoms with Crippen molar-refractivity contribution in [3.8, 4) is 5.75 Å². The van der Waals surface area contributed by atoms with Crippen LogP contribution in [0.2, 0.25) is 0 Å². The first-order valence-electron chi connectivity index (χ1n) is 4.97. The summed E-state index contributed by atoms with van der Waals surface area (Å²) in [7, 11) is 1.41. The van der Waals surface area contributed by atoms with Crippen LogP contribution in [0.1, 0.15) is 10.4 Å². The average Bonchev–Trinajstić information content (AvgIpc) is 2.35. The zero-order chi connectivity index (χ0) is 12.8. The maximum atomic E-state index is 10.9. The van der Waals surface area contributed by atoms with Gasteiger partial charge in [0.25, 0.3) is 0 Å². The second-order valence-electron chi connectivity index (χ2n) is 3.41. The van der Waals surface area contributed by atoms with E-state index in [-0.39, 0.29) is 18.0 Å². The smallest absolute Gasteiger partial charge is 0.339 e. The lowest BCUT2D eigenvalue weighted by atomic mass is 10.1. The Balaban J connectivity index is 2.81. The molecule has 1 rings (SSSR count). The molecule has 6 heteroatoms. The molecule has 0 aliphatic heterocycles. The Hall–Kier alpha value is -1.46. The lowest BCUT2D eigenvalue weighted by Crippen LogP contribution is -2.20. The molecule has 0 bridgehead atoms. The number of hydrogen-bond acceptors (Lipinski definition) is 4. The number of aliphatic hydroxyl groups excluding tert-OH is 1. The highest BCUT2D eigenvalue weighted by Gasteiger charge is 2.11. The number of carboxylic acid groups (broad SMARTS) is 1. The number of nitrogens with one attached hydrogen (secondary N) is 1. The minimum atomic E-state index is -1.07. The molecule has 94 valence electrons. The minimum absolute atomic E-state index is 0.0675. The Labute approximate surface area is 104 Å². The van der Waals surface area contributed by atoms with Gasteiger partial charge in [0.1, 0.15) is 11.3 Å². The third-order valence-corrected chi connectivity index (χ3v) is 2.51. The Bertz CT molecular complexity index is 397. The lowest BCUT2D eigenvalue weighted by molar-refractivity contribution is 0.0693. The van der Waals surface area contributed by atoms with Crippen LogP contribution in [0.5, 0.6) is 5.75 Å². The molecule has 0 fully saturated rings. The second kappa shape index (κ2) is 6.32. The molecular weight excluding hydrogens is 246 g/mol. The number of alkyl halides is 1. The van der Waals surface area contributed by atoms with Crippen LogP contribution in [-0.2, 0) is 0 Å². The molecule has 0 radical (unpaired) electrons. The van der Waals surface area contributed by atoms with Gasteiger partial charge >= 0.3 is 5.97 Å². The molecule has 0 amide bonds. The van der Waals surface area contributed by atoms with Crippen LogP contribution >= 0.6 is 11.6 Å². The van der Waals surface area contributed by atoms with Crippen LogP contribution in [0.3, 0.4) is 0 Å². The SMILES string of the molecule is COc1ccc(NCC(O)CCl)cc1C(=O)O. The maximum absolute atomic E-state index is 10.9. The van der Waals surface area contributed by atoms with E-state index < -0.39 is 12.1 Å². The van der Waals surface area contributed by atoms with Gasteiger partial charge in [-0.2, -0.15) is 0 Å². The van der Waals surface area contributed by atoms with Crippen molar-refractivity contribution in [2.45, 2.75) is 6.10 Å². The van der Waals surface area contributed by atoms with Crippen molar-refractivity contribution in [1.82, 2.24) is 0 Å². The van der Waals surface area contributed by atoms with Crippen molar-refractivity contribution >= 4 is 23.3 Å². The highest BCUT2D eigenvalue weighted by atomic mass is 35.5. The summed E-state index contributed by atoms with van der Waals surface area (Å²) in [6.07, 6.45) is -0.674. The van der Waals surface area contributed by atoms with Crippen molar-refractivity contribution in [3.63, 3.8) is 0 Å². The Morgan fingerprint density at radius 1 is 1.59 bits per heavy atom. The van der Waals surface area contributed by atoms with Crippen LogP contribution in [0.4, 0.5) is 5.69 Å². The van der Waals surface area contributed by atoms with Gasteiger partial charge in [0.05, 0.1) is 19.1 Å². The van der Waals surface area contributed by atoms with E-state index in [1.807, 2.05) is 0 Å². The predicted molar refractivity (Wildman–Crippen MR) is 65.2 cm³/mol. The van der Waals surface area contributed by atoms with E-state index in [1.165, 1.54) is 13.2 Å². The van der Waals surface area contributed by atoms with Crippen molar-refractivity contribution in [1.29, 1.82) is 0 Å². The van der Waals surface area contributed by atoms with Crippen LogP contribution in [0.25, 0.3) is 0 Å². The standard InChI is InChI=1S/C11H14ClNO4/c1-17-10-3-2-7(4-9(10)11(15)16)13-6-8(14)5-12/h2-4,8,13-14H,5-6H2,1H3,(H,15,16).